The Morgan fingerprint density at radius 1 is 1.19 bits per heavy atom. The van der Waals surface area contributed by atoms with E-state index in [1.54, 1.807) is 7.05 Å². The van der Waals surface area contributed by atoms with Crippen molar-refractivity contribution >= 4 is 22.3 Å². The molecule has 21 heavy (non-hydrogen) atoms. The Morgan fingerprint density at radius 2 is 1.86 bits per heavy atom. The Bertz CT molecular complexity index is 720. The molecule has 0 atom stereocenters. The molecule has 0 spiro atoms. The van der Waals surface area contributed by atoms with E-state index >= 15 is 0 Å². The van der Waals surface area contributed by atoms with Gasteiger partial charge in [0, 0.05) is 38.6 Å². The number of piperazine rings is 1. The molecule has 3 N–H and O–H groups in total. The number of hydrogen-bond donors (Lipinski definition) is 3. The normalized spacial score (nSPS) is 15.5. The van der Waals surface area contributed by atoms with Crippen LogP contribution in [0.1, 0.15) is 0 Å². The van der Waals surface area contributed by atoms with Gasteiger partial charge in [0.05, 0.1) is 11.2 Å². The smallest absolute Gasteiger partial charge is 0.281 e. The van der Waals surface area contributed by atoms with Crippen LogP contribution in [0, 0.1) is 0 Å². The number of nitrogens with one attached hydrogen (secondary N) is 1. The first-order chi connectivity index (χ1) is 10.1. The SMILES string of the molecule is Cn1c(=O)c(N(O)O)c(N2CCNCC2)c2ccccc21. The number of aromatic nitrogens is 1. The van der Waals surface area contributed by atoms with Gasteiger partial charge in [-0.2, -0.15) is 0 Å². The third-order valence-corrected chi connectivity index (χ3v) is 3.89. The van der Waals surface area contributed by atoms with Gasteiger partial charge in [0.25, 0.3) is 5.56 Å². The van der Waals surface area contributed by atoms with Gasteiger partial charge in [0.2, 0.25) is 0 Å². The fourth-order valence-electron chi connectivity index (χ4n) is 2.85. The van der Waals surface area contributed by atoms with Crippen molar-refractivity contribution in [3.8, 4) is 0 Å². The number of hydrogen-bond acceptors (Lipinski definition) is 6. The monoisotopic (exact) mass is 290 g/mol. The number of nitrogens with zero attached hydrogens (tertiary/aromatic N) is 3. The summed E-state index contributed by atoms with van der Waals surface area (Å²) < 4.78 is 1.43. The minimum Gasteiger partial charge on any atom is -0.366 e. The van der Waals surface area contributed by atoms with Crippen LogP contribution in [0.2, 0.25) is 0 Å². The molecule has 1 aromatic carbocycles. The Balaban J connectivity index is 2.35. The Labute approximate surface area is 121 Å². The topological polar surface area (TPSA) is 81.0 Å². The molecule has 0 saturated carbocycles. The highest BCUT2D eigenvalue weighted by molar-refractivity contribution is 5.98. The van der Waals surface area contributed by atoms with Crippen LogP contribution in [0.25, 0.3) is 10.9 Å². The zero-order chi connectivity index (χ0) is 15.0. The van der Waals surface area contributed by atoms with Gasteiger partial charge in [0.1, 0.15) is 0 Å². The summed E-state index contributed by atoms with van der Waals surface area (Å²) in [7, 11) is 1.62. The molecule has 1 aromatic heterocycles. The lowest BCUT2D eigenvalue weighted by atomic mass is 10.1. The number of anilines is 2. The van der Waals surface area contributed by atoms with Crippen molar-refractivity contribution in [2.45, 2.75) is 0 Å². The molecule has 3 rings (SSSR count). The van der Waals surface area contributed by atoms with Gasteiger partial charge >= 0.3 is 0 Å². The van der Waals surface area contributed by atoms with Crippen molar-refractivity contribution in [1.82, 2.24) is 9.88 Å². The molecule has 0 radical (unpaired) electrons. The quantitative estimate of drug-likeness (QED) is 0.700. The van der Waals surface area contributed by atoms with Crippen LogP contribution >= 0.6 is 0 Å². The molecule has 1 saturated heterocycles. The molecule has 2 heterocycles. The van der Waals surface area contributed by atoms with E-state index in [1.165, 1.54) is 4.57 Å². The van der Waals surface area contributed by atoms with Gasteiger partial charge in [-0.1, -0.05) is 18.2 Å². The molecular weight excluding hydrogens is 272 g/mol. The average molecular weight is 290 g/mol. The Kier molecular flexibility index (Phi) is 3.54. The second-order valence-corrected chi connectivity index (χ2v) is 5.11. The van der Waals surface area contributed by atoms with E-state index in [9.17, 15) is 15.2 Å². The third kappa shape index (κ3) is 2.25. The van der Waals surface area contributed by atoms with E-state index in [0.717, 1.165) is 24.0 Å². The number of benzene rings is 1. The van der Waals surface area contributed by atoms with E-state index < -0.39 is 5.56 Å². The van der Waals surface area contributed by atoms with Crippen LogP contribution < -0.4 is 21.0 Å². The number of pyridine rings is 1. The molecule has 0 aliphatic carbocycles. The summed E-state index contributed by atoms with van der Waals surface area (Å²) in [6.07, 6.45) is 0. The molecule has 1 aliphatic heterocycles. The van der Waals surface area contributed by atoms with E-state index in [-0.39, 0.29) is 10.9 Å². The van der Waals surface area contributed by atoms with Gasteiger partial charge in [-0.25, -0.2) is 0 Å². The summed E-state index contributed by atoms with van der Waals surface area (Å²) in [5.74, 6) is 0. The minimum atomic E-state index is -0.438. The molecule has 1 aliphatic rings. The molecule has 0 unspecified atom stereocenters. The summed E-state index contributed by atoms with van der Waals surface area (Å²) in [5, 5.41) is 23.1. The lowest BCUT2D eigenvalue weighted by Gasteiger charge is -2.32. The fourth-order valence-corrected chi connectivity index (χ4v) is 2.85. The minimum absolute atomic E-state index is 0.0634. The van der Waals surface area contributed by atoms with Gasteiger partial charge in [-0.05, 0) is 6.07 Å². The van der Waals surface area contributed by atoms with Crippen molar-refractivity contribution in [2.75, 3.05) is 36.3 Å². The van der Waals surface area contributed by atoms with Crippen LogP contribution in [-0.4, -0.2) is 41.2 Å². The molecule has 2 aromatic rings. The van der Waals surface area contributed by atoms with Crippen LogP contribution in [-0.2, 0) is 7.05 Å². The number of para-hydroxylation sites is 1. The number of rotatable bonds is 2. The molecule has 7 nitrogen and oxygen atoms in total. The highest BCUT2D eigenvalue weighted by Crippen LogP contribution is 2.33. The summed E-state index contributed by atoms with van der Waals surface area (Å²) in [6.45, 7) is 3.00. The highest BCUT2D eigenvalue weighted by Gasteiger charge is 2.24. The van der Waals surface area contributed by atoms with Crippen molar-refractivity contribution in [2.24, 2.45) is 7.05 Å². The maximum absolute atomic E-state index is 12.4. The lowest BCUT2D eigenvalue weighted by Crippen LogP contribution is -2.45. The summed E-state index contributed by atoms with van der Waals surface area (Å²) in [4.78, 5) is 14.5. The second kappa shape index (κ2) is 5.36. The molecule has 112 valence electrons. The third-order valence-electron chi connectivity index (χ3n) is 3.89. The van der Waals surface area contributed by atoms with Crippen LogP contribution in [0.15, 0.2) is 29.1 Å². The van der Waals surface area contributed by atoms with Gasteiger partial charge in [0.15, 0.2) is 5.69 Å². The molecule has 7 heteroatoms. The summed E-state index contributed by atoms with van der Waals surface area (Å²) in [6, 6.07) is 7.48. The maximum atomic E-state index is 12.4. The maximum Gasteiger partial charge on any atom is 0.281 e. The van der Waals surface area contributed by atoms with Crippen molar-refractivity contribution in [1.29, 1.82) is 0 Å². The largest absolute Gasteiger partial charge is 0.366 e. The first kappa shape index (κ1) is 13.9. The molecule has 0 bridgehead atoms. The summed E-state index contributed by atoms with van der Waals surface area (Å²) in [5.41, 5.74) is 0.784. The second-order valence-electron chi connectivity index (χ2n) is 5.11. The van der Waals surface area contributed by atoms with E-state index in [1.807, 2.05) is 29.2 Å². The molecular formula is C14H18N4O3. The zero-order valence-corrected chi connectivity index (χ0v) is 11.8. The highest BCUT2D eigenvalue weighted by atomic mass is 16.8. The lowest BCUT2D eigenvalue weighted by molar-refractivity contribution is 0.0285. The van der Waals surface area contributed by atoms with E-state index in [0.29, 0.717) is 18.8 Å². The number of aryl methyl sites for hydroxylation is 1. The zero-order valence-electron chi connectivity index (χ0n) is 11.8. The molecule has 1 fully saturated rings. The Hall–Kier alpha value is -2.09. The first-order valence-corrected chi connectivity index (χ1v) is 6.86. The standard InChI is InChI=1S/C14H18N4O3/c1-16-11-5-3-2-4-10(11)12(13(14(16)19)18(20)21)17-8-6-15-7-9-17/h2-5,15,20-21H,6-9H2,1H3. The average Bonchev–Trinajstić information content (AvgIpc) is 2.51. The van der Waals surface area contributed by atoms with Crippen molar-refractivity contribution in [3.05, 3.63) is 34.6 Å². The predicted molar refractivity (Wildman–Crippen MR) is 80.3 cm³/mol. The predicted octanol–water partition coefficient (Wildman–Crippen LogP) is 0.533. The first-order valence-electron chi connectivity index (χ1n) is 6.86. The van der Waals surface area contributed by atoms with Crippen molar-refractivity contribution in [3.63, 3.8) is 0 Å². The van der Waals surface area contributed by atoms with Gasteiger partial charge < -0.3 is 14.8 Å². The Morgan fingerprint density at radius 3 is 2.52 bits per heavy atom. The van der Waals surface area contributed by atoms with Crippen LogP contribution in [0.3, 0.4) is 0 Å². The fraction of sp³-hybridized carbons (Fsp3) is 0.357. The van der Waals surface area contributed by atoms with Crippen LogP contribution in [0.4, 0.5) is 11.4 Å². The number of fused-ring (bicyclic) bond motifs is 1. The van der Waals surface area contributed by atoms with Crippen molar-refractivity contribution < 1.29 is 10.4 Å². The molecule has 0 amide bonds. The van der Waals surface area contributed by atoms with Crippen LogP contribution in [0.5, 0.6) is 0 Å². The van der Waals surface area contributed by atoms with Gasteiger partial charge in [-0.3, -0.25) is 15.2 Å². The van der Waals surface area contributed by atoms with E-state index in [2.05, 4.69) is 5.32 Å². The summed E-state index contributed by atoms with van der Waals surface area (Å²) >= 11 is 0. The van der Waals surface area contributed by atoms with E-state index in [4.69, 9.17) is 0 Å². The van der Waals surface area contributed by atoms with Gasteiger partial charge in [-0.15, -0.1) is 5.23 Å².